The van der Waals surface area contributed by atoms with E-state index < -0.39 is 0 Å². The van der Waals surface area contributed by atoms with E-state index in [4.69, 9.17) is 10.4 Å². The van der Waals surface area contributed by atoms with Crippen LogP contribution >= 0.6 is 11.3 Å². The highest BCUT2D eigenvalue weighted by Gasteiger charge is 2.15. The fraction of sp³-hybridized carbons (Fsp3) is 0. The molecular weight excluding hydrogens is 589 g/mol. The Morgan fingerprint density at radius 2 is 1.15 bits per heavy atom. The van der Waals surface area contributed by atoms with Crippen molar-refractivity contribution >= 4 is 59.9 Å². The molecule has 0 bridgehead atoms. The maximum atomic E-state index is 8.99. The number of rotatable bonds is 6. The van der Waals surface area contributed by atoms with Crippen molar-refractivity contribution in [1.29, 1.82) is 5.41 Å². The first-order valence-corrected chi connectivity index (χ1v) is 16.5. The number of nitrogens with one attached hydrogen (secondary N) is 1. The number of allylic oxidation sites excluding steroid dienone is 1. The van der Waals surface area contributed by atoms with Gasteiger partial charge in [-0.3, -0.25) is 5.41 Å². The van der Waals surface area contributed by atoms with Gasteiger partial charge in [-0.2, -0.15) is 0 Å². The number of benzene rings is 7. The highest BCUT2D eigenvalue weighted by molar-refractivity contribution is 7.25. The topological polar surface area (TPSA) is 36.2 Å². The van der Waals surface area contributed by atoms with Gasteiger partial charge >= 0.3 is 0 Å². The van der Waals surface area contributed by atoms with Crippen LogP contribution < -0.4 is 0 Å². The molecule has 8 aromatic rings. The predicted molar refractivity (Wildman–Crippen MR) is 203 cm³/mol. The van der Waals surface area contributed by atoms with Crippen molar-refractivity contribution in [3.8, 4) is 22.3 Å². The number of hydrogen-bond acceptors (Lipinski definition) is 2. The van der Waals surface area contributed by atoms with Crippen molar-refractivity contribution in [3.63, 3.8) is 0 Å². The summed E-state index contributed by atoms with van der Waals surface area (Å²) in [7, 11) is 0. The van der Waals surface area contributed by atoms with Crippen molar-refractivity contribution in [2.75, 3.05) is 0 Å². The molecule has 0 unspecified atom stereocenters. The Labute approximate surface area is 278 Å². The van der Waals surface area contributed by atoms with Crippen molar-refractivity contribution in [2.24, 2.45) is 4.99 Å². The first-order valence-electron chi connectivity index (χ1n) is 15.7. The number of fused-ring (bicyclic) bond motifs is 4. The van der Waals surface area contributed by atoms with Gasteiger partial charge in [0.05, 0.1) is 5.71 Å². The Bertz CT molecular complexity index is 2460. The van der Waals surface area contributed by atoms with Crippen LogP contribution in [0, 0.1) is 5.41 Å². The summed E-state index contributed by atoms with van der Waals surface area (Å²) in [5, 5.41) is 13.9. The lowest BCUT2D eigenvalue weighted by atomic mass is 9.90. The zero-order chi connectivity index (χ0) is 31.6. The maximum Gasteiger partial charge on any atom is 0.152 e. The maximum absolute atomic E-state index is 8.99. The zero-order valence-electron chi connectivity index (χ0n) is 25.6. The molecule has 0 amide bonds. The molecule has 0 saturated heterocycles. The monoisotopic (exact) mass is 618 g/mol. The standard InChI is InChI=1S/C44H30N2S/c45-44(32-16-5-2-6-17-32)46-40(26-25-30-13-3-1-4-14-30)35-28-33(37-21-11-18-31-15-7-8-19-36(31)37)27-34(29-35)38-22-12-24-42-43(38)39-20-9-10-23-41(39)47-42/h1-29,45H/b26-25+,45-44?,46-40?. The minimum absolute atomic E-state index is 0.223. The summed E-state index contributed by atoms with van der Waals surface area (Å²) >= 11 is 1.83. The summed E-state index contributed by atoms with van der Waals surface area (Å²) in [6.45, 7) is 0. The molecule has 1 N–H and O–H groups in total. The van der Waals surface area contributed by atoms with Crippen LogP contribution in [0.25, 0.3) is 59.3 Å². The fourth-order valence-electron chi connectivity index (χ4n) is 6.30. The lowest BCUT2D eigenvalue weighted by molar-refractivity contribution is 1.41. The second kappa shape index (κ2) is 12.5. The predicted octanol–water partition coefficient (Wildman–Crippen LogP) is 12.1. The summed E-state index contributed by atoms with van der Waals surface area (Å²) in [5.74, 6) is 0.223. The molecule has 47 heavy (non-hydrogen) atoms. The quantitative estimate of drug-likeness (QED) is 0.142. The lowest BCUT2D eigenvalue weighted by Gasteiger charge is -2.14. The van der Waals surface area contributed by atoms with Crippen LogP contribution in [0.5, 0.6) is 0 Å². The van der Waals surface area contributed by atoms with Gasteiger partial charge in [-0.05, 0) is 75.0 Å². The van der Waals surface area contributed by atoms with Gasteiger partial charge in [0.1, 0.15) is 0 Å². The summed E-state index contributed by atoms with van der Waals surface area (Å²) in [5.41, 5.74) is 8.11. The molecule has 1 heterocycles. The normalized spacial score (nSPS) is 12.0. The first kappa shape index (κ1) is 28.6. The molecule has 222 valence electrons. The van der Waals surface area contributed by atoms with Crippen LogP contribution in [0.2, 0.25) is 0 Å². The molecule has 1 aromatic heterocycles. The number of amidine groups is 1. The van der Waals surface area contributed by atoms with Gasteiger partial charge in [0, 0.05) is 31.3 Å². The molecule has 8 rings (SSSR count). The molecule has 0 aliphatic carbocycles. The largest absolute Gasteiger partial charge is 0.282 e. The third kappa shape index (κ3) is 5.69. The van der Waals surface area contributed by atoms with E-state index in [9.17, 15) is 0 Å². The van der Waals surface area contributed by atoms with Crippen LogP contribution in [-0.4, -0.2) is 11.5 Å². The van der Waals surface area contributed by atoms with Gasteiger partial charge in [-0.1, -0.05) is 140 Å². The van der Waals surface area contributed by atoms with E-state index in [2.05, 4.69) is 121 Å². The molecule has 0 aliphatic rings. The molecule has 0 spiro atoms. The summed E-state index contributed by atoms with van der Waals surface area (Å²) < 4.78 is 2.55. The van der Waals surface area contributed by atoms with E-state index in [1.807, 2.05) is 65.9 Å². The highest BCUT2D eigenvalue weighted by atomic mass is 32.1. The average Bonchev–Trinajstić information content (AvgIpc) is 3.52. The minimum atomic E-state index is 0.223. The molecule has 0 aliphatic heterocycles. The van der Waals surface area contributed by atoms with Gasteiger partial charge in [-0.25, -0.2) is 4.99 Å². The summed E-state index contributed by atoms with van der Waals surface area (Å²) in [6, 6.07) is 57.1. The first-order chi connectivity index (χ1) is 23.2. The fourth-order valence-corrected chi connectivity index (χ4v) is 7.43. The van der Waals surface area contributed by atoms with Crippen molar-refractivity contribution < 1.29 is 0 Å². The Kier molecular flexibility index (Phi) is 7.58. The van der Waals surface area contributed by atoms with E-state index in [1.54, 1.807) is 0 Å². The number of thiophene rings is 1. The Morgan fingerprint density at radius 1 is 0.532 bits per heavy atom. The van der Waals surface area contributed by atoms with Crippen LogP contribution in [0.1, 0.15) is 16.7 Å². The van der Waals surface area contributed by atoms with Gasteiger partial charge in [0.25, 0.3) is 0 Å². The molecule has 0 fully saturated rings. The Balaban J connectivity index is 1.39. The second-order valence-corrected chi connectivity index (χ2v) is 12.6. The molecular formula is C44H30N2S. The van der Waals surface area contributed by atoms with Crippen molar-refractivity contribution in [3.05, 3.63) is 187 Å². The van der Waals surface area contributed by atoms with Crippen LogP contribution in [-0.2, 0) is 0 Å². The van der Waals surface area contributed by atoms with E-state index in [0.29, 0.717) is 0 Å². The second-order valence-electron chi connectivity index (χ2n) is 11.6. The van der Waals surface area contributed by atoms with Crippen molar-refractivity contribution in [2.45, 2.75) is 0 Å². The average molecular weight is 619 g/mol. The molecule has 2 nitrogen and oxygen atoms in total. The van der Waals surface area contributed by atoms with E-state index in [-0.39, 0.29) is 5.84 Å². The zero-order valence-corrected chi connectivity index (χ0v) is 26.4. The van der Waals surface area contributed by atoms with Gasteiger partial charge in [0.2, 0.25) is 0 Å². The molecule has 0 atom stereocenters. The molecule has 3 heteroatoms. The lowest BCUT2D eigenvalue weighted by Crippen LogP contribution is -2.04. The number of hydrogen-bond donors (Lipinski definition) is 1. The Hall–Kier alpha value is -5.90. The summed E-state index contributed by atoms with van der Waals surface area (Å²) in [6.07, 6.45) is 4.12. The van der Waals surface area contributed by atoms with Gasteiger partial charge in [0.15, 0.2) is 5.84 Å². The van der Waals surface area contributed by atoms with E-state index in [1.165, 1.54) is 36.5 Å². The molecule has 0 saturated carbocycles. The van der Waals surface area contributed by atoms with E-state index in [0.717, 1.165) is 39.1 Å². The van der Waals surface area contributed by atoms with Crippen LogP contribution in [0.4, 0.5) is 0 Å². The highest BCUT2D eigenvalue weighted by Crippen LogP contribution is 2.41. The third-order valence-electron chi connectivity index (χ3n) is 8.56. The Morgan fingerprint density at radius 3 is 1.98 bits per heavy atom. The molecule has 0 radical (unpaired) electrons. The number of aliphatic imine (C=N–C) groups is 1. The summed E-state index contributed by atoms with van der Waals surface area (Å²) in [4.78, 5) is 4.98. The van der Waals surface area contributed by atoms with E-state index >= 15 is 0 Å². The third-order valence-corrected chi connectivity index (χ3v) is 9.69. The minimum Gasteiger partial charge on any atom is -0.282 e. The van der Waals surface area contributed by atoms with Gasteiger partial charge in [-0.15, -0.1) is 11.3 Å². The van der Waals surface area contributed by atoms with Crippen LogP contribution in [0.3, 0.4) is 0 Å². The van der Waals surface area contributed by atoms with Crippen LogP contribution in [0.15, 0.2) is 175 Å². The SMILES string of the molecule is N=C(N=C(/C=C/c1ccccc1)c1cc(-c2cccc3ccccc23)cc(-c2cccc3sc4ccccc4c23)c1)c1ccccc1. The molecule has 7 aromatic carbocycles. The van der Waals surface area contributed by atoms with Gasteiger partial charge < -0.3 is 0 Å². The smallest absolute Gasteiger partial charge is 0.152 e. The number of nitrogens with zero attached hydrogens (tertiary/aromatic N) is 1. The van der Waals surface area contributed by atoms with Crippen molar-refractivity contribution in [1.82, 2.24) is 0 Å².